The molecular weight excluding hydrogens is 526 g/mol. The second-order valence-electron chi connectivity index (χ2n) is 9.13. The van der Waals surface area contributed by atoms with Crippen LogP contribution in [-0.4, -0.2) is 83.8 Å². The summed E-state index contributed by atoms with van der Waals surface area (Å²) in [5, 5.41) is 19.6. The number of benzene rings is 2. The van der Waals surface area contributed by atoms with Gasteiger partial charge in [0.05, 0.1) is 11.5 Å². The molecule has 0 saturated carbocycles. The first kappa shape index (κ1) is 28.5. The van der Waals surface area contributed by atoms with Gasteiger partial charge >= 0.3 is 6.09 Å². The molecule has 0 aliphatic carbocycles. The molecule has 2 heterocycles. The fourth-order valence-electron chi connectivity index (χ4n) is 4.38. The first-order valence-corrected chi connectivity index (χ1v) is 13.5. The number of nitro benzene ring substituents is 1. The molecule has 3 N–H and O–H groups in total. The fraction of sp³-hybridized carbons (Fsp3) is 0.423. The Kier molecular flexibility index (Phi) is 9.87. The Hall–Kier alpha value is -3.52. The first-order chi connectivity index (χ1) is 18.9. The molecule has 2 aromatic carbocycles. The predicted octanol–water partition coefficient (Wildman–Crippen LogP) is 1.90. The van der Waals surface area contributed by atoms with E-state index < -0.39 is 22.0 Å². The number of thioether (sulfide) groups is 1. The van der Waals surface area contributed by atoms with Gasteiger partial charge in [0.25, 0.3) is 5.69 Å². The first-order valence-electron chi connectivity index (χ1n) is 12.6. The van der Waals surface area contributed by atoms with Crippen LogP contribution in [0.1, 0.15) is 22.3 Å². The largest absolute Gasteiger partial charge is 0.445 e. The molecule has 2 amide bonds. The van der Waals surface area contributed by atoms with Crippen LogP contribution in [0.5, 0.6) is 0 Å². The van der Waals surface area contributed by atoms with E-state index in [0.29, 0.717) is 50.3 Å². The van der Waals surface area contributed by atoms with E-state index >= 15 is 0 Å². The number of rotatable bonds is 10. The molecule has 0 aromatic heterocycles. The van der Waals surface area contributed by atoms with Crippen molar-refractivity contribution in [2.75, 3.05) is 45.9 Å². The molecule has 2 aliphatic rings. The smallest absolute Gasteiger partial charge is 0.407 e. The lowest BCUT2D eigenvalue weighted by Gasteiger charge is -2.40. The van der Waals surface area contributed by atoms with Gasteiger partial charge in [0.15, 0.2) is 0 Å². The van der Waals surface area contributed by atoms with Crippen LogP contribution in [0.3, 0.4) is 0 Å². The van der Waals surface area contributed by atoms with Gasteiger partial charge in [-0.2, -0.15) is 0 Å². The molecule has 39 heavy (non-hydrogen) atoms. The Bertz CT molecular complexity index is 1160. The Morgan fingerprint density at radius 1 is 1.10 bits per heavy atom. The van der Waals surface area contributed by atoms with E-state index in [1.807, 2.05) is 6.07 Å². The summed E-state index contributed by atoms with van der Waals surface area (Å²) >= 11 is 1.07. The molecular formula is C26H31N5O7S. The van der Waals surface area contributed by atoms with Crippen LogP contribution in [-0.2, 0) is 20.9 Å². The van der Waals surface area contributed by atoms with Crippen molar-refractivity contribution >= 4 is 34.6 Å². The molecule has 2 saturated heterocycles. The second kappa shape index (κ2) is 13.5. The number of nitrogens with zero attached hydrogens (tertiary/aromatic N) is 2. The minimum absolute atomic E-state index is 0.0327. The van der Waals surface area contributed by atoms with E-state index in [4.69, 9.17) is 9.47 Å². The molecule has 12 nitrogen and oxygen atoms in total. The van der Waals surface area contributed by atoms with E-state index in [9.17, 15) is 24.5 Å². The number of nitro groups is 1. The Balaban J connectivity index is 1.26. The molecule has 2 unspecified atom stereocenters. The minimum atomic E-state index is -0.911. The molecule has 208 valence electrons. The zero-order chi connectivity index (χ0) is 27.7. The summed E-state index contributed by atoms with van der Waals surface area (Å²) in [6.45, 7) is 2.79. The number of ether oxygens (including phenoxy) is 2. The summed E-state index contributed by atoms with van der Waals surface area (Å²) < 4.78 is 10.2. The predicted molar refractivity (Wildman–Crippen MR) is 144 cm³/mol. The zero-order valence-corrected chi connectivity index (χ0v) is 22.1. The van der Waals surface area contributed by atoms with Crippen LogP contribution < -0.4 is 16.0 Å². The van der Waals surface area contributed by atoms with Crippen molar-refractivity contribution in [3.63, 3.8) is 0 Å². The van der Waals surface area contributed by atoms with Crippen LogP contribution in [0.15, 0.2) is 54.6 Å². The normalized spacial score (nSPS) is 20.8. The highest BCUT2D eigenvalue weighted by Gasteiger charge is 2.48. The van der Waals surface area contributed by atoms with Gasteiger partial charge in [-0.3, -0.25) is 19.7 Å². The lowest BCUT2D eigenvalue weighted by molar-refractivity contribution is -0.384. The summed E-state index contributed by atoms with van der Waals surface area (Å²) in [5.41, 5.74) is 1.14. The average molecular weight is 558 g/mol. The number of alkyl carbamates (subject to hydrolysis) is 1. The van der Waals surface area contributed by atoms with Crippen molar-refractivity contribution in [2.24, 2.45) is 0 Å². The van der Waals surface area contributed by atoms with Crippen LogP contribution in [0, 0.1) is 10.1 Å². The van der Waals surface area contributed by atoms with E-state index in [0.717, 1.165) is 11.8 Å². The van der Waals surface area contributed by atoms with Crippen LogP contribution in [0.4, 0.5) is 10.5 Å². The zero-order valence-electron chi connectivity index (χ0n) is 21.3. The van der Waals surface area contributed by atoms with Crippen LogP contribution >= 0.6 is 11.8 Å². The van der Waals surface area contributed by atoms with Gasteiger partial charge in [-0.25, -0.2) is 4.79 Å². The maximum absolute atomic E-state index is 13.8. The maximum Gasteiger partial charge on any atom is 0.407 e. The lowest BCUT2D eigenvalue weighted by atomic mass is 10.1. The molecule has 0 bridgehead atoms. The highest BCUT2D eigenvalue weighted by Crippen LogP contribution is 2.37. The third kappa shape index (κ3) is 7.53. The molecule has 13 heteroatoms. The molecule has 2 fully saturated rings. The van der Waals surface area contributed by atoms with Gasteiger partial charge in [0.2, 0.25) is 11.0 Å². The minimum Gasteiger partial charge on any atom is -0.445 e. The van der Waals surface area contributed by atoms with Crippen LogP contribution in [0.25, 0.3) is 0 Å². The van der Waals surface area contributed by atoms with Gasteiger partial charge in [-0.15, -0.1) is 0 Å². The summed E-state index contributed by atoms with van der Waals surface area (Å²) in [4.78, 5) is 50.7. The number of piperazine rings is 1. The van der Waals surface area contributed by atoms with Gasteiger partial charge in [0, 0.05) is 50.4 Å². The number of nitrogens with one attached hydrogen (secondary N) is 3. The van der Waals surface area contributed by atoms with Crippen molar-refractivity contribution in [3.8, 4) is 0 Å². The fourth-order valence-corrected chi connectivity index (χ4v) is 5.57. The van der Waals surface area contributed by atoms with E-state index in [1.165, 1.54) is 24.3 Å². The van der Waals surface area contributed by atoms with Gasteiger partial charge in [-0.1, -0.05) is 42.1 Å². The topological polar surface area (TPSA) is 152 Å². The summed E-state index contributed by atoms with van der Waals surface area (Å²) in [5.74, 6) is -0.135. The van der Waals surface area contributed by atoms with Crippen molar-refractivity contribution in [1.82, 2.24) is 20.9 Å². The number of hydrogen-bond acceptors (Lipinski definition) is 10. The van der Waals surface area contributed by atoms with E-state index in [1.54, 1.807) is 29.2 Å². The monoisotopic (exact) mass is 557 g/mol. The molecule has 2 aliphatic heterocycles. The molecule has 2 atom stereocenters. The van der Waals surface area contributed by atoms with Crippen molar-refractivity contribution in [3.05, 3.63) is 75.8 Å². The Morgan fingerprint density at radius 3 is 2.56 bits per heavy atom. The maximum atomic E-state index is 13.8. The van der Waals surface area contributed by atoms with Crippen molar-refractivity contribution in [1.29, 1.82) is 0 Å². The Morgan fingerprint density at radius 2 is 1.87 bits per heavy atom. The Labute approximate surface area is 229 Å². The number of hydrogen-bond donors (Lipinski definition) is 3. The van der Waals surface area contributed by atoms with Gasteiger partial charge in [0.1, 0.15) is 17.6 Å². The summed E-state index contributed by atoms with van der Waals surface area (Å²) in [6, 6.07) is 14.7. The number of carbonyl (C=O) groups is 3. The molecule has 2 aromatic rings. The van der Waals surface area contributed by atoms with Gasteiger partial charge < -0.3 is 30.3 Å². The van der Waals surface area contributed by atoms with E-state index in [2.05, 4.69) is 16.0 Å². The van der Waals surface area contributed by atoms with Crippen molar-refractivity contribution in [2.45, 2.75) is 24.0 Å². The third-order valence-electron chi connectivity index (χ3n) is 6.46. The molecule has 4 rings (SSSR count). The second-order valence-corrected chi connectivity index (χ2v) is 10.5. The average Bonchev–Trinajstić information content (AvgIpc) is 3.44. The standard InChI is InChI=1S/C26H31N5O7S/c32-23(20-4-2-1-3-5-20)39-26(10-11-28-18-26)24(33)30-14-12-27-16-22(30)37-15-13-29-25(34)38-17-19-6-8-21(9-7-19)31(35)36/h1-9,22,27-28H,10-18H2,(H,29,34). The quantitative estimate of drug-likeness (QED) is 0.224. The summed E-state index contributed by atoms with van der Waals surface area (Å²) in [7, 11) is 0. The SMILES string of the molecule is O=C(NCCOC1CNCCN1C(=O)C1(SC(=O)c2ccccc2)CCNC1)OCc1ccc([N+](=O)[O-])cc1. The third-order valence-corrected chi connectivity index (χ3v) is 7.79. The van der Waals surface area contributed by atoms with Crippen molar-refractivity contribution < 1.29 is 28.8 Å². The molecule has 0 radical (unpaired) electrons. The lowest BCUT2D eigenvalue weighted by Crippen LogP contribution is -2.60. The molecule has 0 spiro atoms. The highest BCUT2D eigenvalue weighted by molar-refractivity contribution is 8.15. The number of non-ortho nitro benzene ring substituents is 1. The number of carbonyl (C=O) groups excluding carboxylic acids is 3. The van der Waals surface area contributed by atoms with Crippen LogP contribution in [0.2, 0.25) is 0 Å². The highest BCUT2D eigenvalue weighted by atomic mass is 32.2. The van der Waals surface area contributed by atoms with E-state index in [-0.39, 0.29) is 36.5 Å². The van der Waals surface area contributed by atoms with Gasteiger partial charge in [-0.05, 0) is 30.7 Å². The summed E-state index contributed by atoms with van der Waals surface area (Å²) in [6.07, 6.45) is -0.666. The number of amides is 2.